The van der Waals surface area contributed by atoms with Gasteiger partial charge in [0.25, 0.3) is 11.4 Å². The standard InChI is InChI=1S/C15H13N3O6/c19-15(20)11-8-12(17(21)22)14(13(9-11)18(23)24)16-7-6-10-4-2-1-3-5-10/h1-5,8-9,16H,6-7H2,(H,19,20)/p-1. The number of anilines is 1. The van der Waals surface area contributed by atoms with Crippen LogP contribution in [-0.4, -0.2) is 22.4 Å². The Kier molecular flexibility index (Phi) is 5.05. The summed E-state index contributed by atoms with van der Waals surface area (Å²) in [5, 5.41) is 35.8. The first-order chi connectivity index (χ1) is 11.4. The topological polar surface area (TPSA) is 138 Å². The van der Waals surface area contributed by atoms with Crippen LogP contribution < -0.4 is 10.4 Å². The van der Waals surface area contributed by atoms with Crippen LogP contribution in [0.1, 0.15) is 15.9 Å². The molecule has 2 aromatic rings. The second kappa shape index (κ2) is 7.18. The third-order valence-electron chi connectivity index (χ3n) is 3.28. The lowest BCUT2D eigenvalue weighted by atomic mass is 10.1. The summed E-state index contributed by atoms with van der Waals surface area (Å²) in [6, 6.07) is 10.7. The molecule has 0 atom stereocenters. The Morgan fingerprint density at radius 2 is 1.54 bits per heavy atom. The molecule has 24 heavy (non-hydrogen) atoms. The van der Waals surface area contributed by atoms with Crippen LogP contribution in [0.25, 0.3) is 0 Å². The van der Waals surface area contributed by atoms with E-state index in [1.807, 2.05) is 30.3 Å². The molecule has 0 amide bonds. The molecule has 0 bridgehead atoms. The molecule has 1 N–H and O–H groups in total. The van der Waals surface area contributed by atoms with Crippen molar-refractivity contribution in [2.45, 2.75) is 6.42 Å². The summed E-state index contributed by atoms with van der Waals surface area (Å²) in [6.07, 6.45) is 0.484. The lowest BCUT2D eigenvalue weighted by molar-refractivity contribution is -0.392. The molecule has 0 heterocycles. The summed E-state index contributed by atoms with van der Waals surface area (Å²) < 4.78 is 0. The van der Waals surface area contributed by atoms with Crippen molar-refractivity contribution in [1.29, 1.82) is 0 Å². The molecule has 0 spiro atoms. The number of rotatable bonds is 7. The average molecular weight is 330 g/mol. The molecule has 9 heteroatoms. The van der Waals surface area contributed by atoms with Gasteiger partial charge >= 0.3 is 0 Å². The van der Waals surface area contributed by atoms with Gasteiger partial charge in [-0.1, -0.05) is 30.3 Å². The van der Waals surface area contributed by atoms with Gasteiger partial charge in [0.2, 0.25) is 0 Å². The Morgan fingerprint density at radius 3 is 2.00 bits per heavy atom. The summed E-state index contributed by atoms with van der Waals surface area (Å²) in [5.41, 5.74) is -1.37. The number of nitrogens with one attached hydrogen (secondary N) is 1. The van der Waals surface area contributed by atoms with Gasteiger partial charge in [-0.15, -0.1) is 0 Å². The molecular formula is C15H12N3O6-. The van der Waals surface area contributed by atoms with E-state index in [-0.39, 0.29) is 12.2 Å². The predicted molar refractivity (Wildman–Crippen MR) is 82.7 cm³/mol. The molecule has 9 nitrogen and oxygen atoms in total. The number of carboxylic acid groups (broad SMARTS) is 1. The molecule has 0 unspecified atom stereocenters. The molecule has 0 aliphatic carbocycles. The van der Waals surface area contributed by atoms with Crippen molar-refractivity contribution >= 4 is 23.0 Å². The van der Waals surface area contributed by atoms with E-state index in [9.17, 15) is 30.1 Å². The minimum Gasteiger partial charge on any atom is -0.545 e. The fourth-order valence-electron chi connectivity index (χ4n) is 2.18. The third-order valence-corrected chi connectivity index (χ3v) is 3.28. The minimum atomic E-state index is -1.72. The number of carboxylic acids is 1. The monoisotopic (exact) mass is 330 g/mol. The number of hydrogen-bond donors (Lipinski definition) is 1. The Morgan fingerprint density at radius 1 is 1.00 bits per heavy atom. The summed E-state index contributed by atoms with van der Waals surface area (Å²) in [7, 11) is 0. The van der Waals surface area contributed by atoms with E-state index in [1.165, 1.54) is 0 Å². The smallest absolute Gasteiger partial charge is 0.300 e. The Hall–Kier alpha value is -3.49. The van der Waals surface area contributed by atoms with Crippen LogP contribution in [0.4, 0.5) is 17.1 Å². The zero-order chi connectivity index (χ0) is 17.7. The highest BCUT2D eigenvalue weighted by Gasteiger charge is 2.26. The molecule has 0 saturated heterocycles. The van der Waals surface area contributed by atoms with Gasteiger partial charge in [0, 0.05) is 24.2 Å². The zero-order valence-corrected chi connectivity index (χ0v) is 12.3. The maximum atomic E-state index is 11.1. The average Bonchev–Trinajstić information content (AvgIpc) is 2.55. The van der Waals surface area contributed by atoms with Crippen LogP contribution in [0, 0.1) is 20.2 Å². The van der Waals surface area contributed by atoms with Gasteiger partial charge in [0.05, 0.1) is 15.8 Å². The van der Waals surface area contributed by atoms with Crippen LogP contribution in [-0.2, 0) is 6.42 Å². The van der Waals surface area contributed by atoms with Crippen LogP contribution in [0.5, 0.6) is 0 Å². The van der Waals surface area contributed by atoms with E-state index in [2.05, 4.69) is 5.32 Å². The number of carbonyl (C=O) groups excluding carboxylic acids is 1. The zero-order valence-electron chi connectivity index (χ0n) is 12.3. The molecule has 124 valence electrons. The van der Waals surface area contributed by atoms with Crippen molar-refractivity contribution in [3.8, 4) is 0 Å². The molecular weight excluding hydrogens is 318 g/mol. The summed E-state index contributed by atoms with van der Waals surface area (Å²) in [5.74, 6) is -1.72. The number of hydrogen-bond acceptors (Lipinski definition) is 7. The highest BCUT2D eigenvalue weighted by Crippen LogP contribution is 2.35. The van der Waals surface area contributed by atoms with E-state index in [0.717, 1.165) is 17.7 Å². The number of nitrogens with zero attached hydrogens (tertiary/aromatic N) is 2. The van der Waals surface area contributed by atoms with Crippen molar-refractivity contribution in [2.24, 2.45) is 0 Å². The van der Waals surface area contributed by atoms with Gasteiger partial charge in [-0.05, 0) is 12.0 Å². The van der Waals surface area contributed by atoms with Gasteiger partial charge in [-0.2, -0.15) is 0 Å². The first-order valence-corrected chi connectivity index (χ1v) is 6.86. The number of nitro benzene ring substituents is 2. The SMILES string of the molecule is O=C([O-])c1cc([N+](=O)[O-])c(NCCc2ccccc2)c([N+](=O)[O-])c1. The van der Waals surface area contributed by atoms with Crippen LogP contribution in [0.2, 0.25) is 0 Å². The van der Waals surface area contributed by atoms with E-state index < -0.39 is 32.8 Å². The first-order valence-electron chi connectivity index (χ1n) is 6.86. The molecule has 2 rings (SSSR count). The highest BCUT2D eigenvalue weighted by molar-refractivity contribution is 5.91. The van der Waals surface area contributed by atoms with Crippen molar-refractivity contribution in [1.82, 2.24) is 0 Å². The van der Waals surface area contributed by atoms with Gasteiger partial charge in [0.1, 0.15) is 0 Å². The normalized spacial score (nSPS) is 10.2. The third kappa shape index (κ3) is 3.83. The van der Waals surface area contributed by atoms with Crippen LogP contribution in [0.3, 0.4) is 0 Å². The number of benzene rings is 2. The van der Waals surface area contributed by atoms with E-state index in [4.69, 9.17) is 0 Å². The Bertz CT molecular complexity index is 756. The maximum absolute atomic E-state index is 11.1. The molecule has 0 aromatic heterocycles. The molecule has 0 aliphatic heterocycles. The lowest BCUT2D eigenvalue weighted by Gasteiger charge is -2.10. The number of carbonyl (C=O) groups is 1. The van der Waals surface area contributed by atoms with E-state index in [0.29, 0.717) is 6.42 Å². The van der Waals surface area contributed by atoms with E-state index in [1.54, 1.807) is 0 Å². The van der Waals surface area contributed by atoms with Crippen LogP contribution in [0.15, 0.2) is 42.5 Å². The van der Waals surface area contributed by atoms with Gasteiger partial charge in [0.15, 0.2) is 5.69 Å². The van der Waals surface area contributed by atoms with Gasteiger partial charge < -0.3 is 15.2 Å². The first kappa shape index (κ1) is 16.9. The largest absolute Gasteiger partial charge is 0.545 e. The van der Waals surface area contributed by atoms with Gasteiger partial charge in [-0.3, -0.25) is 20.2 Å². The fraction of sp³-hybridized carbons (Fsp3) is 0.133. The lowest BCUT2D eigenvalue weighted by Crippen LogP contribution is -2.22. The summed E-state index contributed by atoms with van der Waals surface area (Å²) in [4.78, 5) is 31.4. The summed E-state index contributed by atoms with van der Waals surface area (Å²) >= 11 is 0. The highest BCUT2D eigenvalue weighted by atomic mass is 16.6. The van der Waals surface area contributed by atoms with E-state index >= 15 is 0 Å². The number of aromatic carboxylic acids is 1. The van der Waals surface area contributed by atoms with Crippen molar-refractivity contribution < 1.29 is 19.7 Å². The molecule has 0 fully saturated rings. The molecule has 2 aromatic carbocycles. The van der Waals surface area contributed by atoms with Gasteiger partial charge in [-0.25, -0.2) is 0 Å². The Balaban J connectivity index is 2.34. The maximum Gasteiger partial charge on any atom is 0.300 e. The molecule has 0 aliphatic rings. The van der Waals surface area contributed by atoms with Crippen molar-refractivity contribution in [3.05, 3.63) is 73.8 Å². The quantitative estimate of drug-likeness (QED) is 0.599. The number of nitro groups is 2. The van der Waals surface area contributed by atoms with Crippen molar-refractivity contribution in [2.75, 3.05) is 11.9 Å². The molecule has 0 saturated carbocycles. The second-order valence-corrected chi connectivity index (χ2v) is 4.85. The fourth-order valence-corrected chi connectivity index (χ4v) is 2.18. The Labute approximate surface area is 135 Å². The minimum absolute atomic E-state index is 0.205. The van der Waals surface area contributed by atoms with Crippen molar-refractivity contribution in [3.63, 3.8) is 0 Å². The predicted octanol–water partition coefficient (Wildman–Crippen LogP) is 1.52. The second-order valence-electron chi connectivity index (χ2n) is 4.85. The molecule has 0 radical (unpaired) electrons. The summed E-state index contributed by atoms with van der Waals surface area (Å²) in [6.45, 7) is 0.205. The van der Waals surface area contributed by atoms with Crippen LogP contribution >= 0.6 is 0 Å².